The van der Waals surface area contributed by atoms with Gasteiger partial charge in [0.15, 0.2) is 0 Å². The lowest BCUT2D eigenvalue weighted by Gasteiger charge is -2.46. The van der Waals surface area contributed by atoms with Crippen LogP contribution in [0, 0.1) is 0 Å². The van der Waals surface area contributed by atoms with Crippen molar-refractivity contribution in [3.8, 4) is 0 Å². The fourth-order valence-corrected chi connectivity index (χ4v) is 2.36. The zero-order valence-electron chi connectivity index (χ0n) is 15.6. The first-order chi connectivity index (χ1) is 13.2. The smallest absolute Gasteiger partial charge is 0.360 e. The second-order valence-electron chi connectivity index (χ2n) is 5.47. The number of hydrogen-bond donors (Lipinski definition) is 0. The maximum absolute atomic E-state index is 14.2. The molecule has 0 aliphatic rings. The Morgan fingerprint density at radius 2 is 1.03 bits per heavy atom. The zero-order chi connectivity index (χ0) is 23.1. The molecule has 164 valence electrons. The molecule has 0 radical (unpaired) electrons. The van der Waals surface area contributed by atoms with Gasteiger partial charge in [0.1, 0.15) is 0 Å². The van der Waals surface area contributed by atoms with E-state index in [9.17, 15) is 35.1 Å². The molecule has 2 atom stereocenters. The Kier molecular flexibility index (Phi) is 8.81. The topological polar surface area (TPSA) is 18.5 Å². The van der Waals surface area contributed by atoms with Gasteiger partial charge in [-0.15, -0.1) is 0 Å². The van der Waals surface area contributed by atoms with Crippen LogP contribution in [0.3, 0.4) is 0 Å². The molecule has 1 aromatic carbocycles. The van der Waals surface area contributed by atoms with E-state index in [0.717, 1.165) is 0 Å². The normalized spacial score (nSPS) is 16.5. The molecule has 10 heteroatoms. The minimum Gasteiger partial charge on any atom is -0.360 e. The molecule has 1 aromatic rings. The lowest BCUT2D eigenvalue weighted by Crippen LogP contribution is -2.72. The van der Waals surface area contributed by atoms with Crippen LogP contribution in [0.15, 0.2) is 62.2 Å². The highest BCUT2D eigenvalue weighted by atomic mass is 19.4. The van der Waals surface area contributed by atoms with Crippen LogP contribution < -0.4 is 0 Å². The minimum absolute atomic E-state index is 0.183. The first-order valence-corrected chi connectivity index (χ1v) is 7.74. The Hall–Kier alpha value is -2.20. The largest absolute Gasteiger partial charge is 0.427 e. The van der Waals surface area contributed by atoms with Crippen molar-refractivity contribution in [2.45, 2.75) is 29.5 Å². The Morgan fingerprint density at radius 3 is 1.21 bits per heavy atom. The van der Waals surface area contributed by atoms with Gasteiger partial charge in [-0.3, -0.25) is 0 Å². The lowest BCUT2D eigenvalue weighted by molar-refractivity contribution is -0.393. The maximum atomic E-state index is 14.2. The van der Waals surface area contributed by atoms with E-state index in [2.05, 4.69) is 29.2 Å². The predicted octanol–water partition coefficient (Wildman–Crippen LogP) is 6.22. The van der Waals surface area contributed by atoms with Gasteiger partial charge in [0.2, 0.25) is 11.2 Å². The summed E-state index contributed by atoms with van der Waals surface area (Å²) in [5, 5.41) is 0. The van der Waals surface area contributed by atoms with Crippen molar-refractivity contribution in [3.05, 3.63) is 67.8 Å². The van der Waals surface area contributed by atoms with E-state index < -0.39 is 41.6 Å². The van der Waals surface area contributed by atoms with Crippen LogP contribution in [-0.4, -0.2) is 43.7 Å². The number of ether oxygens (including phenoxy) is 2. The monoisotopic (exact) mass is 432 g/mol. The molecule has 0 bridgehead atoms. The molecule has 0 amide bonds. The molecule has 0 heterocycles. The molecular formula is C19H20F8O2. The minimum atomic E-state index is -5.90. The van der Waals surface area contributed by atoms with Crippen molar-refractivity contribution in [2.75, 3.05) is 14.2 Å². The molecule has 0 aliphatic carbocycles. The number of benzene rings is 1. The summed E-state index contributed by atoms with van der Waals surface area (Å²) >= 11 is 0. The zero-order valence-corrected chi connectivity index (χ0v) is 15.6. The highest BCUT2D eigenvalue weighted by molar-refractivity contribution is 5.45. The number of alkyl halides is 8. The molecule has 0 aliphatic heterocycles. The molecule has 1 rings (SSSR count). The van der Waals surface area contributed by atoms with E-state index >= 15 is 0 Å². The lowest BCUT2D eigenvalue weighted by atomic mass is 9.80. The van der Waals surface area contributed by atoms with Gasteiger partial charge in [0.05, 0.1) is 0 Å². The summed E-state index contributed by atoms with van der Waals surface area (Å²) in [5.74, 6) is -5.64. The third-order valence-corrected chi connectivity index (χ3v) is 4.03. The van der Waals surface area contributed by atoms with Crippen molar-refractivity contribution in [1.29, 1.82) is 0 Å². The highest BCUT2D eigenvalue weighted by Gasteiger charge is 2.82. The molecule has 0 fully saturated rings. The second kappa shape index (κ2) is 9.53. The number of rotatable bonds is 7. The Bertz CT molecular complexity index is 646. The standard InChI is InChI=1S/C11H12F8O2.C8H8/c1-5-7(20-3,10(14,15)16)9(12,13)8(6-2,21-4)11(17,18)19;1-2-8-6-4-3-5-7-8/h5-6H,1-2H2,3-4H3;2-7H,1H2. The van der Waals surface area contributed by atoms with E-state index in [1.54, 1.807) is 0 Å². The molecule has 0 aromatic heterocycles. The number of halogens is 8. The average molecular weight is 432 g/mol. The summed E-state index contributed by atoms with van der Waals surface area (Å²) in [6.07, 6.45) is -10.9. The molecule has 2 unspecified atom stereocenters. The van der Waals surface area contributed by atoms with Gasteiger partial charge in [-0.05, 0) is 17.7 Å². The van der Waals surface area contributed by atoms with Crippen molar-refractivity contribution >= 4 is 6.08 Å². The van der Waals surface area contributed by atoms with Crippen LogP contribution in [0.4, 0.5) is 35.1 Å². The third kappa shape index (κ3) is 4.69. The van der Waals surface area contributed by atoms with E-state index in [-0.39, 0.29) is 14.2 Å². The second-order valence-corrected chi connectivity index (χ2v) is 5.47. The third-order valence-electron chi connectivity index (χ3n) is 4.03. The van der Waals surface area contributed by atoms with Crippen LogP contribution in [-0.2, 0) is 9.47 Å². The van der Waals surface area contributed by atoms with Gasteiger partial charge in [-0.25, -0.2) is 0 Å². The average Bonchev–Trinajstić information content (AvgIpc) is 2.63. The van der Waals surface area contributed by atoms with Gasteiger partial charge in [0.25, 0.3) is 0 Å². The van der Waals surface area contributed by atoms with Crippen LogP contribution in [0.5, 0.6) is 0 Å². The number of hydrogen-bond acceptors (Lipinski definition) is 2. The van der Waals surface area contributed by atoms with Crippen molar-refractivity contribution in [2.24, 2.45) is 0 Å². The molecule has 0 saturated carbocycles. The first-order valence-electron chi connectivity index (χ1n) is 7.74. The van der Waals surface area contributed by atoms with Crippen molar-refractivity contribution in [1.82, 2.24) is 0 Å². The Labute approximate surface area is 163 Å². The molecule has 0 N–H and O–H groups in total. The summed E-state index contributed by atoms with van der Waals surface area (Å²) in [4.78, 5) is 0. The summed E-state index contributed by atoms with van der Waals surface area (Å²) in [5.41, 5.74) is -8.08. The van der Waals surface area contributed by atoms with Crippen LogP contribution in [0.25, 0.3) is 6.08 Å². The van der Waals surface area contributed by atoms with Crippen molar-refractivity contribution in [3.63, 3.8) is 0 Å². The quantitative estimate of drug-likeness (QED) is 0.376. The fourth-order valence-electron chi connectivity index (χ4n) is 2.36. The fraction of sp³-hybridized carbons (Fsp3) is 0.368. The van der Waals surface area contributed by atoms with Gasteiger partial charge in [0, 0.05) is 14.2 Å². The van der Waals surface area contributed by atoms with E-state index in [4.69, 9.17) is 0 Å². The SMILES string of the molecule is C=CC(OC)(C(F)(F)F)C(F)(F)C(C=C)(OC)C(F)(F)F.C=Cc1ccccc1. The van der Waals surface area contributed by atoms with E-state index in [1.165, 1.54) is 5.56 Å². The molecule has 0 saturated heterocycles. The molecule has 29 heavy (non-hydrogen) atoms. The van der Waals surface area contributed by atoms with Crippen LogP contribution >= 0.6 is 0 Å². The highest BCUT2D eigenvalue weighted by Crippen LogP contribution is 2.56. The maximum Gasteiger partial charge on any atom is 0.427 e. The van der Waals surface area contributed by atoms with E-state index in [0.29, 0.717) is 0 Å². The van der Waals surface area contributed by atoms with Gasteiger partial charge < -0.3 is 9.47 Å². The van der Waals surface area contributed by atoms with Gasteiger partial charge in [-0.1, -0.05) is 56.1 Å². The Morgan fingerprint density at radius 1 is 0.690 bits per heavy atom. The molecule has 0 spiro atoms. The van der Waals surface area contributed by atoms with Gasteiger partial charge >= 0.3 is 18.3 Å². The van der Waals surface area contributed by atoms with Crippen LogP contribution in [0.1, 0.15) is 5.56 Å². The van der Waals surface area contributed by atoms with E-state index in [1.807, 2.05) is 36.4 Å². The summed E-state index contributed by atoms with van der Waals surface area (Å²) in [6, 6.07) is 10.0. The summed E-state index contributed by atoms with van der Waals surface area (Å²) < 4.78 is 113. The Balaban J connectivity index is 0.000000807. The molecule has 2 nitrogen and oxygen atoms in total. The van der Waals surface area contributed by atoms with Crippen LogP contribution in [0.2, 0.25) is 0 Å². The predicted molar refractivity (Wildman–Crippen MR) is 93.5 cm³/mol. The van der Waals surface area contributed by atoms with Gasteiger partial charge in [-0.2, -0.15) is 35.1 Å². The molecular weight excluding hydrogens is 412 g/mol. The summed E-state index contributed by atoms with van der Waals surface area (Å²) in [7, 11) is 0.367. The first kappa shape index (κ1) is 26.8. The number of methoxy groups -OCH3 is 2. The van der Waals surface area contributed by atoms with Crippen molar-refractivity contribution < 1.29 is 44.6 Å². The summed E-state index contributed by atoms with van der Waals surface area (Å²) in [6.45, 7) is 8.67.